The van der Waals surface area contributed by atoms with E-state index in [0.29, 0.717) is 37.4 Å². The number of nitrogens with zero attached hydrogens (tertiary/aromatic N) is 2. The van der Waals surface area contributed by atoms with Gasteiger partial charge in [-0.3, -0.25) is 9.59 Å². The first kappa shape index (κ1) is 17.3. The van der Waals surface area contributed by atoms with E-state index in [1.165, 1.54) is 11.3 Å². The third-order valence-electron chi connectivity index (χ3n) is 3.74. The number of carbonyl (C=O) groups excluding carboxylic acids is 2. The molecule has 0 bridgehead atoms. The van der Waals surface area contributed by atoms with Crippen LogP contribution in [-0.2, 0) is 0 Å². The van der Waals surface area contributed by atoms with Crippen molar-refractivity contribution in [3.63, 3.8) is 0 Å². The number of hydrogen-bond acceptors (Lipinski definition) is 4. The molecule has 1 aromatic heterocycles. The van der Waals surface area contributed by atoms with Crippen LogP contribution in [-0.4, -0.2) is 47.8 Å². The van der Waals surface area contributed by atoms with Gasteiger partial charge in [-0.05, 0) is 35.7 Å². The molecule has 0 saturated carbocycles. The first-order valence-corrected chi connectivity index (χ1v) is 8.01. The van der Waals surface area contributed by atoms with Crippen molar-refractivity contribution in [3.8, 4) is 0 Å². The highest BCUT2D eigenvalue weighted by molar-refractivity contribution is 7.12. The fourth-order valence-corrected chi connectivity index (χ4v) is 3.17. The Kier molecular flexibility index (Phi) is 5.63. The average Bonchev–Trinajstić information content (AvgIpc) is 3.09. The zero-order valence-corrected chi connectivity index (χ0v) is 14.1. The predicted octanol–water partition coefficient (Wildman–Crippen LogP) is 2.35. The zero-order valence-electron chi connectivity index (χ0n) is 12.5. The zero-order chi connectivity index (χ0) is 15.5. The molecule has 0 radical (unpaired) electrons. The number of piperazine rings is 1. The molecule has 2 aromatic rings. The summed E-state index contributed by atoms with van der Waals surface area (Å²) in [6.45, 7) is 2.25. The molecular formula is C16H18ClN3O2S. The van der Waals surface area contributed by atoms with Crippen molar-refractivity contribution in [2.75, 3.05) is 31.9 Å². The number of halogens is 1. The molecule has 2 heterocycles. The molecule has 1 aromatic carbocycles. The normalized spacial score (nSPS) is 14.3. The molecule has 0 unspecified atom stereocenters. The lowest BCUT2D eigenvalue weighted by Gasteiger charge is -2.34. The van der Waals surface area contributed by atoms with Gasteiger partial charge in [0.15, 0.2) is 0 Å². The van der Waals surface area contributed by atoms with Gasteiger partial charge in [0.05, 0.1) is 4.88 Å². The average molecular weight is 352 g/mol. The number of hydrogen-bond donors (Lipinski definition) is 1. The van der Waals surface area contributed by atoms with E-state index in [9.17, 15) is 9.59 Å². The summed E-state index contributed by atoms with van der Waals surface area (Å²) in [6.07, 6.45) is 0. The molecule has 2 N–H and O–H groups in total. The third-order valence-corrected chi connectivity index (χ3v) is 4.60. The van der Waals surface area contributed by atoms with Gasteiger partial charge in [0, 0.05) is 37.4 Å². The van der Waals surface area contributed by atoms with E-state index in [-0.39, 0.29) is 24.2 Å². The second-order valence-corrected chi connectivity index (χ2v) is 6.13. The highest BCUT2D eigenvalue weighted by atomic mass is 35.5. The van der Waals surface area contributed by atoms with Crippen LogP contribution in [0.15, 0.2) is 41.8 Å². The molecule has 122 valence electrons. The van der Waals surface area contributed by atoms with E-state index in [0.717, 1.165) is 4.88 Å². The standard InChI is InChI=1S/C16H17N3O2S.ClH/c17-13-5-3-12(4-6-13)15(20)18-7-9-19(10-8-18)16(21)14-2-1-11-22-14;/h1-6,11H,7-10,17H2;1H. The molecule has 2 amide bonds. The summed E-state index contributed by atoms with van der Waals surface area (Å²) in [4.78, 5) is 29.0. The maximum Gasteiger partial charge on any atom is 0.264 e. The van der Waals surface area contributed by atoms with Gasteiger partial charge in [-0.25, -0.2) is 0 Å². The van der Waals surface area contributed by atoms with Crippen LogP contribution in [0.4, 0.5) is 5.69 Å². The van der Waals surface area contributed by atoms with Gasteiger partial charge in [-0.1, -0.05) is 6.07 Å². The van der Waals surface area contributed by atoms with E-state index >= 15 is 0 Å². The Hall–Kier alpha value is -2.05. The van der Waals surface area contributed by atoms with Crippen LogP contribution in [0.1, 0.15) is 20.0 Å². The largest absolute Gasteiger partial charge is 0.399 e. The molecule has 23 heavy (non-hydrogen) atoms. The second-order valence-electron chi connectivity index (χ2n) is 5.18. The minimum absolute atomic E-state index is 0. The van der Waals surface area contributed by atoms with Crippen molar-refractivity contribution in [1.82, 2.24) is 9.80 Å². The minimum Gasteiger partial charge on any atom is -0.399 e. The van der Waals surface area contributed by atoms with Crippen molar-refractivity contribution in [2.45, 2.75) is 0 Å². The van der Waals surface area contributed by atoms with Crippen molar-refractivity contribution in [1.29, 1.82) is 0 Å². The Labute approximate surface area is 145 Å². The van der Waals surface area contributed by atoms with E-state index < -0.39 is 0 Å². The maximum atomic E-state index is 12.4. The highest BCUT2D eigenvalue weighted by Crippen LogP contribution is 2.15. The lowest BCUT2D eigenvalue weighted by Crippen LogP contribution is -2.50. The van der Waals surface area contributed by atoms with Crippen molar-refractivity contribution in [3.05, 3.63) is 52.2 Å². The minimum atomic E-state index is -0.0109. The molecule has 1 aliphatic rings. The number of thiophene rings is 1. The number of benzene rings is 1. The molecule has 7 heteroatoms. The molecule has 3 rings (SSSR count). The van der Waals surface area contributed by atoms with E-state index in [4.69, 9.17) is 5.73 Å². The fraction of sp³-hybridized carbons (Fsp3) is 0.250. The topological polar surface area (TPSA) is 66.6 Å². The number of nitrogen functional groups attached to an aromatic ring is 1. The van der Waals surface area contributed by atoms with Gasteiger partial charge in [-0.15, -0.1) is 23.7 Å². The fourth-order valence-electron chi connectivity index (χ4n) is 2.48. The summed E-state index contributed by atoms with van der Waals surface area (Å²) >= 11 is 1.45. The van der Waals surface area contributed by atoms with Gasteiger partial charge in [-0.2, -0.15) is 0 Å². The summed E-state index contributed by atoms with van der Waals surface area (Å²) in [5.74, 6) is 0.0396. The lowest BCUT2D eigenvalue weighted by atomic mass is 10.1. The van der Waals surface area contributed by atoms with Crippen LogP contribution in [0, 0.1) is 0 Å². The van der Waals surface area contributed by atoms with Crippen molar-refractivity contribution >= 4 is 41.2 Å². The van der Waals surface area contributed by atoms with Crippen LogP contribution >= 0.6 is 23.7 Å². The Morgan fingerprint density at radius 3 is 2.00 bits per heavy atom. The number of anilines is 1. The predicted molar refractivity (Wildman–Crippen MR) is 94.2 cm³/mol. The van der Waals surface area contributed by atoms with Gasteiger partial charge in [0.25, 0.3) is 11.8 Å². The Bertz CT molecular complexity index is 665. The SMILES string of the molecule is Cl.Nc1ccc(C(=O)N2CCN(C(=O)c3cccs3)CC2)cc1. The van der Waals surface area contributed by atoms with Crippen molar-refractivity contribution in [2.24, 2.45) is 0 Å². The van der Waals surface area contributed by atoms with E-state index in [1.807, 2.05) is 17.5 Å². The van der Waals surface area contributed by atoms with Gasteiger partial charge < -0.3 is 15.5 Å². The quantitative estimate of drug-likeness (QED) is 0.844. The maximum absolute atomic E-state index is 12.4. The van der Waals surface area contributed by atoms with E-state index in [2.05, 4.69) is 0 Å². The first-order valence-electron chi connectivity index (χ1n) is 7.13. The Morgan fingerprint density at radius 1 is 0.913 bits per heavy atom. The summed E-state index contributed by atoms with van der Waals surface area (Å²) in [5, 5.41) is 1.90. The second kappa shape index (κ2) is 7.48. The molecule has 0 atom stereocenters. The molecule has 1 fully saturated rings. The van der Waals surface area contributed by atoms with Crippen LogP contribution in [0.25, 0.3) is 0 Å². The molecule has 1 saturated heterocycles. The lowest BCUT2D eigenvalue weighted by molar-refractivity contribution is 0.0538. The molecule has 5 nitrogen and oxygen atoms in total. The summed E-state index contributed by atoms with van der Waals surface area (Å²) < 4.78 is 0. The molecule has 0 spiro atoms. The molecule has 0 aliphatic carbocycles. The number of rotatable bonds is 2. The van der Waals surface area contributed by atoms with Crippen molar-refractivity contribution < 1.29 is 9.59 Å². The van der Waals surface area contributed by atoms with Crippen LogP contribution in [0.2, 0.25) is 0 Å². The smallest absolute Gasteiger partial charge is 0.264 e. The number of amides is 2. The third kappa shape index (κ3) is 3.83. The number of nitrogens with two attached hydrogens (primary N) is 1. The van der Waals surface area contributed by atoms with Crippen LogP contribution in [0.3, 0.4) is 0 Å². The monoisotopic (exact) mass is 351 g/mol. The first-order chi connectivity index (χ1) is 10.6. The number of carbonyl (C=O) groups is 2. The van der Waals surface area contributed by atoms with E-state index in [1.54, 1.807) is 34.1 Å². The summed E-state index contributed by atoms with van der Waals surface area (Å²) in [5.41, 5.74) is 6.91. The van der Waals surface area contributed by atoms with Gasteiger partial charge >= 0.3 is 0 Å². The Morgan fingerprint density at radius 2 is 1.48 bits per heavy atom. The molecular weight excluding hydrogens is 334 g/mol. The molecule has 1 aliphatic heterocycles. The highest BCUT2D eigenvalue weighted by Gasteiger charge is 2.25. The van der Waals surface area contributed by atoms with Crippen LogP contribution < -0.4 is 5.73 Å². The Balaban J connectivity index is 0.00000192. The van der Waals surface area contributed by atoms with Gasteiger partial charge in [0.2, 0.25) is 0 Å². The summed E-state index contributed by atoms with van der Waals surface area (Å²) in [7, 11) is 0. The summed E-state index contributed by atoms with van der Waals surface area (Å²) in [6, 6.07) is 10.6. The van der Waals surface area contributed by atoms with Crippen LogP contribution in [0.5, 0.6) is 0 Å². The van der Waals surface area contributed by atoms with Gasteiger partial charge in [0.1, 0.15) is 0 Å².